The molecule has 0 radical (unpaired) electrons. The van der Waals surface area contributed by atoms with Crippen LogP contribution in [0.5, 0.6) is 0 Å². The standard InChI is InChI=1S/C31H33Cl2NO6S/c32-27-14-13-24(16-28(27)33)41(37,38)34-18-25-26(8-4-5-15-39-19-30(35)36)31(17-29(25)40-20-31)23-11-9-22(10-12-23)21-6-2-1-3-7-21/h1-3,6-7,9-14,16,25-26,29,34H,4-5,8,15,17-20H2,(H,35,36)/t25-,26-,29?,31?/m0/s1. The second-order valence-electron chi connectivity index (χ2n) is 10.8. The number of unbranched alkanes of at least 4 members (excludes halogenated alkanes) is 1. The van der Waals surface area contributed by atoms with Crippen molar-refractivity contribution in [1.82, 2.24) is 4.72 Å². The molecule has 7 nitrogen and oxygen atoms in total. The van der Waals surface area contributed by atoms with Crippen molar-refractivity contribution in [1.29, 1.82) is 0 Å². The molecule has 0 amide bonds. The summed E-state index contributed by atoms with van der Waals surface area (Å²) in [5.74, 6) is -0.850. The Morgan fingerprint density at radius 1 is 1.00 bits per heavy atom. The van der Waals surface area contributed by atoms with Gasteiger partial charge in [-0.3, -0.25) is 0 Å². The summed E-state index contributed by atoms with van der Waals surface area (Å²) in [6, 6.07) is 23.1. The van der Waals surface area contributed by atoms with E-state index in [1.165, 1.54) is 23.8 Å². The van der Waals surface area contributed by atoms with Gasteiger partial charge >= 0.3 is 5.97 Å². The van der Waals surface area contributed by atoms with Gasteiger partial charge in [0.1, 0.15) is 6.61 Å². The number of rotatable bonds is 13. The average molecular weight is 619 g/mol. The summed E-state index contributed by atoms with van der Waals surface area (Å²) in [7, 11) is -3.81. The van der Waals surface area contributed by atoms with Crippen molar-refractivity contribution in [2.24, 2.45) is 11.8 Å². The molecular formula is C31H33Cl2NO6S. The van der Waals surface area contributed by atoms with Crippen LogP contribution >= 0.6 is 23.2 Å². The first-order valence-corrected chi connectivity index (χ1v) is 16.0. The summed E-state index contributed by atoms with van der Waals surface area (Å²) < 4.78 is 40.6. The van der Waals surface area contributed by atoms with E-state index in [0.29, 0.717) is 18.2 Å². The number of hydrogen-bond acceptors (Lipinski definition) is 5. The second kappa shape index (κ2) is 12.8. The van der Waals surface area contributed by atoms with Gasteiger partial charge in [0, 0.05) is 24.5 Å². The van der Waals surface area contributed by atoms with Crippen LogP contribution in [0.25, 0.3) is 11.1 Å². The number of sulfonamides is 1. The fourth-order valence-electron chi connectivity index (χ4n) is 6.40. The number of ether oxygens (including phenoxy) is 2. The molecule has 41 heavy (non-hydrogen) atoms. The van der Waals surface area contributed by atoms with E-state index in [9.17, 15) is 13.2 Å². The van der Waals surface area contributed by atoms with Crippen molar-refractivity contribution in [2.45, 2.75) is 42.1 Å². The van der Waals surface area contributed by atoms with E-state index in [0.717, 1.165) is 36.8 Å². The summed E-state index contributed by atoms with van der Waals surface area (Å²) in [5, 5.41) is 9.30. The highest BCUT2D eigenvalue weighted by Gasteiger charge is 2.59. The Labute approximate surface area is 250 Å². The first kappa shape index (κ1) is 30.0. The smallest absolute Gasteiger partial charge is 0.329 e. The van der Waals surface area contributed by atoms with Gasteiger partial charge in [0.25, 0.3) is 0 Å². The predicted molar refractivity (Wildman–Crippen MR) is 159 cm³/mol. The molecule has 3 aromatic rings. The molecule has 3 aromatic carbocycles. The number of fused-ring (bicyclic) bond motifs is 2. The van der Waals surface area contributed by atoms with Gasteiger partial charge in [-0.05, 0) is 60.1 Å². The predicted octanol–water partition coefficient (Wildman–Crippen LogP) is 6.18. The van der Waals surface area contributed by atoms with Gasteiger partial charge in [-0.2, -0.15) is 0 Å². The third kappa shape index (κ3) is 6.63. The lowest BCUT2D eigenvalue weighted by atomic mass is 9.68. The fraction of sp³-hybridized carbons (Fsp3) is 0.387. The zero-order chi connectivity index (χ0) is 29.0. The molecule has 1 saturated carbocycles. The summed E-state index contributed by atoms with van der Waals surface area (Å²) in [4.78, 5) is 10.8. The molecule has 1 saturated heterocycles. The van der Waals surface area contributed by atoms with Crippen LogP contribution in [0.4, 0.5) is 0 Å². The van der Waals surface area contributed by atoms with Gasteiger partial charge < -0.3 is 14.6 Å². The molecule has 4 atom stereocenters. The van der Waals surface area contributed by atoms with Crippen molar-refractivity contribution in [3.05, 3.63) is 88.4 Å². The third-order valence-electron chi connectivity index (χ3n) is 8.38. The lowest BCUT2D eigenvalue weighted by molar-refractivity contribution is -0.142. The Balaban J connectivity index is 1.35. The molecule has 10 heteroatoms. The number of carboxylic acid groups (broad SMARTS) is 1. The lowest BCUT2D eigenvalue weighted by Gasteiger charge is -2.40. The van der Waals surface area contributed by atoms with E-state index in [4.69, 9.17) is 37.8 Å². The molecule has 1 heterocycles. The zero-order valence-electron chi connectivity index (χ0n) is 22.5. The van der Waals surface area contributed by atoms with Crippen molar-refractivity contribution in [3.8, 4) is 11.1 Å². The quantitative estimate of drug-likeness (QED) is 0.222. The number of carbonyl (C=O) groups is 1. The highest BCUT2D eigenvalue weighted by molar-refractivity contribution is 7.89. The van der Waals surface area contributed by atoms with Crippen LogP contribution in [0.2, 0.25) is 10.0 Å². The fourth-order valence-corrected chi connectivity index (χ4v) is 7.86. The maximum absolute atomic E-state index is 13.2. The number of nitrogens with one attached hydrogen (secondary N) is 1. The van der Waals surface area contributed by atoms with E-state index in [2.05, 4.69) is 41.1 Å². The van der Waals surface area contributed by atoms with Gasteiger partial charge in [0.05, 0.1) is 27.7 Å². The molecule has 2 N–H and O–H groups in total. The van der Waals surface area contributed by atoms with Crippen LogP contribution in [0.15, 0.2) is 77.7 Å². The molecule has 218 valence electrons. The highest BCUT2D eigenvalue weighted by Crippen LogP contribution is 2.56. The van der Waals surface area contributed by atoms with Crippen LogP contribution in [-0.4, -0.2) is 52.0 Å². The van der Waals surface area contributed by atoms with Gasteiger partial charge in [-0.15, -0.1) is 0 Å². The van der Waals surface area contributed by atoms with Gasteiger partial charge in [0.2, 0.25) is 10.0 Å². The number of carboxylic acids is 1. The van der Waals surface area contributed by atoms with E-state index in [-0.39, 0.29) is 46.4 Å². The first-order valence-electron chi connectivity index (χ1n) is 13.7. The van der Waals surface area contributed by atoms with E-state index >= 15 is 0 Å². The molecule has 2 aliphatic rings. The van der Waals surface area contributed by atoms with Crippen molar-refractivity contribution in [2.75, 3.05) is 26.4 Å². The zero-order valence-corrected chi connectivity index (χ0v) is 24.8. The van der Waals surface area contributed by atoms with Crippen molar-refractivity contribution >= 4 is 39.2 Å². The Hall–Kier alpha value is -2.46. The van der Waals surface area contributed by atoms with Crippen molar-refractivity contribution in [3.63, 3.8) is 0 Å². The minimum atomic E-state index is -3.81. The highest BCUT2D eigenvalue weighted by atomic mass is 35.5. The first-order chi connectivity index (χ1) is 19.7. The van der Waals surface area contributed by atoms with Gasteiger partial charge in [-0.25, -0.2) is 17.9 Å². The Bertz CT molecular complexity index is 1470. The van der Waals surface area contributed by atoms with E-state index in [1.807, 2.05) is 18.2 Å². The van der Waals surface area contributed by atoms with Gasteiger partial charge in [0.15, 0.2) is 0 Å². The van der Waals surface area contributed by atoms with Crippen LogP contribution in [0.3, 0.4) is 0 Å². The number of benzene rings is 3. The summed E-state index contributed by atoms with van der Waals surface area (Å²) in [6.45, 7) is 0.873. The second-order valence-corrected chi connectivity index (χ2v) is 13.4. The third-order valence-corrected chi connectivity index (χ3v) is 10.5. The van der Waals surface area contributed by atoms with Crippen LogP contribution in [0.1, 0.15) is 31.2 Å². The average Bonchev–Trinajstić information content (AvgIpc) is 3.54. The lowest BCUT2D eigenvalue weighted by Crippen LogP contribution is -2.44. The number of aliphatic carboxylic acids is 1. The Morgan fingerprint density at radius 3 is 2.44 bits per heavy atom. The van der Waals surface area contributed by atoms with E-state index < -0.39 is 16.0 Å². The molecule has 2 fully saturated rings. The van der Waals surface area contributed by atoms with E-state index in [1.54, 1.807) is 0 Å². The summed E-state index contributed by atoms with van der Waals surface area (Å²) in [6.07, 6.45) is 3.14. The van der Waals surface area contributed by atoms with Crippen LogP contribution in [0, 0.1) is 11.8 Å². The molecule has 0 aromatic heterocycles. The monoisotopic (exact) mass is 617 g/mol. The van der Waals surface area contributed by atoms with Crippen LogP contribution < -0.4 is 4.72 Å². The molecule has 0 spiro atoms. The topological polar surface area (TPSA) is 102 Å². The molecule has 1 aliphatic carbocycles. The van der Waals surface area contributed by atoms with Crippen LogP contribution in [-0.2, 0) is 29.7 Å². The maximum atomic E-state index is 13.2. The number of halogens is 2. The number of hydrogen-bond donors (Lipinski definition) is 2. The largest absolute Gasteiger partial charge is 0.480 e. The minimum Gasteiger partial charge on any atom is -0.480 e. The Kier molecular flexibility index (Phi) is 9.38. The Morgan fingerprint density at radius 2 is 1.73 bits per heavy atom. The minimum absolute atomic E-state index is 0.0324. The maximum Gasteiger partial charge on any atom is 0.329 e. The summed E-state index contributed by atoms with van der Waals surface area (Å²) >= 11 is 12.1. The summed E-state index contributed by atoms with van der Waals surface area (Å²) in [5.41, 5.74) is 3.25. The molecule has 2 bridgehead atoms. The molecular weight excluding hydrogens is 585 g/mol. The SMILES string of the molecule is O=C(O)COCCCC[C@H]1[C@H](CNS(=O)(=O)c2ccc(Cl)c(Cl)c2)C2CC1(c1ccc(-c3ccccc3)cc1)CO2. The van der Waals surface area contributed by atoms with Gasteiger partial charge in [-0.1, -0.05) is 84.2 Å². The molecule has 1 aliphatic heterocycles. The molecule has 5 rings (SSSR count). The molecule has 2 unspecified atom stereocenters. The normalized spacial score (nSPS) is 23.6. The van der Waals surface area contributed by atoms with Crippen molar-refractivity contribution < 1.29 is 27.8 Å².